The van der Waals surface area contributed by atoms with E-state index in [1.165, 1.54) is 6.07 Å². The quantitative estimate of drug-likeness (QED) is 0.899. The summed E-state index contributed by atoms with van der Waals surface area (Å²) in [4.78, 5) is 22.6. The first-order valence-electron chi connectivity index (χ1n) is 7.37. The van der Waals surface area contributed by atoms with Crippen LogP contribution >= 0.6 is 0 Å². The van der Waals surface area contributed by atoms with E-state index >= 15 is 0 Å². The van der Waals surface area contributed by atoms with Crippen molar-refractivity contribution in [3.05, 3.63) is 34.6 Å². The number of aliphatic carboxylic acids is 1. The monoisotopic (exact) mass is 291 g/mol. The van der Waals surface area contributed by atoms with E-state index in [9.17, 15) is 14.0 Å². The number of rotatable bonds is 3. The zero-order valence-electron chi connectivity index (χ0n) is 11.7. The van der Waals surface area contributed by atoms with Gasteiger partial charge in [0.25, 0.3) is 5.91 Å². The lowest BCUT2D eigenvalue weighted by molar-refractivity contribution is -0.143. The number of hydrogen-bond donors (Lipinski definition) is 2. The fraction of sp³-hybridized carbons (Fsp3) is 0.500. The SMILES string of the molecule is O=C1NCc2c(F)cc(C[C@H]3CC[C@H](C(=O)O)CC3)cc21. The number of carbonyl (C=O) groups is 2. The van der Waals surface area contributed by atoms with Crippen molar-refractivity contribution < 1.29 is 19.1 Å². The summed E-state index contributed by atoms with van der Waals surface area (Å²) in [5.74, 6) is -1.10. The molecule has 1 aliphatic heterocycles. The molecule has 1 fully saturated rings. The van der Waals surface area contributed by atoms with Crippen molar-refractivity contribution in [2.24, 2.45) is 11.8 Å². The lowest BCUT2D eigenvalue weighted by Gasteiger charge is -2.26. The molecule has 0 bridgehead atoms. The van der Waals surface area contributed by atoms with Gasteiger partial charge in [0.15, 0.2) is 0 Å². The van der Waals surface area contributed by atoms with Crippen LogP contribution in [0.25, 0.3) is 0 Å². The van der Waals surface area contributed by atoms with E-state index in [0.29, 0.717) is 36.3 Å². The van der Waals surface area contributed by atoms with Gasteiger partial charge in [-0.1, -0.05) is 0 Å². The van der Waals surface area contributed by atoms with Crippen molar-refractivity contribution in [1.29, 1.82) is 0 Å². The average molecular weight is 291 g/mol. The first-order chi connectivity index (χ1) is 10.0. The van der Waals surface area contributed by atoms with Gasteiger partial charge in [-0.2, -0.15) is 0 Å². The molecule has 21 heavy (non-hydrogen) atoms. The summed E-state index contributed by atoms with van der Waals surface area (Å²) in [6.45, 7) is 0.268. The fourth-order valence-corrected chi connectivity index (χ4v) is 3.40. The van der Waals surface area contributed by atoms with Crippen LogP contribution in [0.3, 0.4) is 0 Å². The van der Waals surface area contributed by atoms with E-state index in [-0.39, 0.29) is 24.2 Å². The minimum absolute atomic E-state index is 0.208. The van der Waals surface area contributed by atoms with Crippen LogP contribution in [0, 0.1) is 17.7 Å². The maximum Gasteiger partial charge on any atom is 0.306 e. The maximum atomic E-state index is 14.0. The number of carbonyl (C=O) groups excluding carboxylic acids is 1. The van der Waals surface area contributed by atoms with Crippen molar-refractivity contribution >= 4 is 11.9 Å². The number of fused-ring (bicyclic) bond motifs is 1. The normalized spacial score (nSPS) is 24.5. The summed E-state index contributed by atoms with van der Waals surface area (Å²) in [5, 5.41) is 11.6. The zero-order valence-corrected chi connectivity index (χ0v) is 11.7. The number of halogens is 1. The number of amides is 1. The smallest absolute Gasteiger partial charge is 0.306 e. The third-order valence-electron chi connectivity index (χ3n) is 4.65. The molecule has 1 aromatic carbocycles. The highest BCUT2D eigenvalue weighted by molar-refractivity contribution is 5.98. The molecule has 0 saturated heterocycles. The number of carboxylic acids is 1. The van der Waals surface area contributed by atoms with Gasteiger partial charge < -0.3 is 10.4 Å². The molecule has 4 nitrogen and oxygen atoms in total. The fourth-order valence-electron chi connectivity index (χ4n) is 3.40. The molecular formula is C16H18FNO3. The molecule has 1 amide bonds. The van der Waals surface area contributed by atoms with Crippen LogP contribution in [0.15, 0.2) is 12.1 Å². The molecule has 2 N–H and O–H groups in total. The molecule has 0 radical (unpaired) electrons. The van der Waals surface area contributed by atoms with Gasteiger partial charge in [0.05, 0.1) is 5.92 Å². The van der Waals surface area contributed by atoms with Crippen molar-refractivity contribution in [3.63, 3.8) is 0 Å². The standard InChI is InChI=1S/C16H18FNO3/c17-14-7-10(6-12-13(14)8-18-15(12)19)5-9-1-3-11(4-2-9)16(20)21/h6-7,9,11H,1-5,8H2,(H,18,19)(H,20,21)/t9-,11-. The van der Waals surface area contributed by atoms with Gasteiger partial charge in [0.1, 0.15) is 5.82 Å². The Kier molecular flexibility index (Phi) is 3.66. The predicted molar refractivity (Wildman–Crippen MR) is 74.4 cm³/mol. The Morgan fingerprint density at radius 3 is 2.67 bits per heavy atom. The van der Waals surface area contributed by atoms with E-state index in [2.05, 4.69) is 5.32 Å². The maximum absolute atomic E-state index is 14.0. The second-order valence-electron chi connectivity index (χ2n) is 6.05. The molecule has 112 valence electrons. The predicted octanol–water partition coefficient (Wildman–Crippen LogP) is 2.50. The first-order valence-corrected chi connectivity index (χ1v) is 7.37. The second kappa shape index (κ2) is 5.47. The average Bonchev–Trinajstić information content (AvgIpc) is 2.82. The molecule has 5 heteroatoms. The highest BCUT2D eigenvalue weighted by Crippen LogP contribution is 2.32. The molecule has 1 heterocycles. The number of nitrogens with one attached hydrogen (secondary N) is 1. The molecule has 1 aliphatic carbocycles. The number of hydrogen-bond acceptors (Lipinski definition) is 2. The summed E-state index contributed by atoms with van der Waals surface area (Å²) in [5.41, 5.74) is 1.74. The molecule has 1 saturated carbocycles. The molecule has 0 unspecified atom stereocenters. The molecule has 3 rings (SSSR count). The molecule has 0 aromatic heterocycles. The molecular weight excluding hydrogens is 273 g/mol. The summed E-state index contributed by atoms with van der Waals surface area (Å²) >= 11 is 0. The summed E-state index contributed by atoms with van der Waals surface area (Å²) in [6, 6.07) is 3.30. The lowest BCUT2D eigenvalue weighted by atomic mass is 9.79. The Morgan fingerprint density at radius 1 is 1.29 bits per heavy atom. The Morgan fingerprint density at radius 2 is 2.00 bits per heavy atom. The van der Waals surface area contributed by atoms with Gasteiger partial charge >= 0.3 is 5.97 Å². The molecule has 0 atom stereocenters. The highest BCUT2D eigenvalue weighted by Gasteiger charge is 2.27. The van der Waals surface area contributed by atoms with Crippen LogP contribution in [-0.4, -0.2) is 17.0 Å². The Bertz CT molecular complexity index is 591. The van der Waals surface area contributed by atoms with Crippen LogP contribution in [0.2, 0.25) is 0 Å². The van der Waals surface area contributed by atoms with Gasteiger partial charge in [0.2, 0.25) is 0 Å². The van der Waals surface area contributed by atoms with Gasteiger partial charge in [0, 0.05) is 17.7 Å². The molecule has 0 spiro atoms. The van der Waals surface area contributed by atoms with Crippen molar-refractivity contribution in [2.75, 3.05) is 0 Å². The van der Waals surface area contributed by atoms with Gasteiger partial charge in [-0.3, -0.25) is 9.59 Å². The van der Waals surface area contributed by atoms with Crippen molar-refractivity contribution in [1.82, 2.24) is 5.32 Å². The van der Waals surface area contributed by atoms with E-state index in [4.69, 9.17) is 5.11 Å². The Balaban J connectivity index is 1.69. The van der Waals surface area contributed by atoms with E-state index < -0.39 is 5.97 Å². The first kappa shape index (κ1) is 14.0. The number of carboxylic acid groups (broad SMARTS) is 1. The summed E-state index contributed by atoms with van der Waals surface area (Å²) in [6.07, 6.45) is 3.79. The molecule has 1 aromatic rings. The Labute approximate surface area is 122 Å². The van der Waals surface area contributed by atoms with E-state index in [0.717, 1.165) is 18.4 Å². The second-order valence-corrected chi connectivity index (χ2v) is 6.05. The van der Waals surface area contributed by atoms with Crippen LogP contribution in [0.1, 0.15) is 47.2 Å². The van der Waals surface area contributed by atoms with Gasteiger partial charge in [-0.15, -0.1) is 0 Å². The summed E-state index contributed by atoms with van der Waals surface area (Å²) < 4.78 is 14.0. The van der Waals surface area contributed by atoms with Gasteiger partial charge in [-0.25, -0.2) is 4.39 Å². The summed E-state index contributed by atoms with van der Waals surface area (Å²) in [7, 11) is 0. The highest BCUT2D eigenvalue weighted by atomic mass is 19.1. The van der Waals surface area contributed by atoms with Crippen molar-refractivity contribution in [2.45, 2.75) is 38.6 Å². The van der Waals surface area contributed by atoms with Gasteiger partial charge in [-0.05, 0) is 55.7 Å². The van der Waals surface area contributed by atoms with Crippen molar-refractivity contribution in [3.8, 4) is 0 Å². The van der Waals surface area contributed by atoms with Crippen LogP contribution in [0.5, 0.6) is 0 Å². The third-order valence-corrected chi connectivity index (χ3v) is 4.65. The zero-order chi connectivity index (χ0) is 15.0. The largest absolute Gasteiger partial charge is 0.481 e. The van der Waals surface area contributed by atoms with Crippen LogP contribution < -0.4 is 5.32 Å². The van der Waals surface area contributed by atoms with E-state index in [1.807, 2.05) is 0 Å². The Hall–Kier alpha value is -1.91. The number of benzene rings is 1. The topological polar surface area (TPSA) is 66.4 Å². The molecule has 2 aliphatic rings. The third kappa shape index (κ3) is 2.77. The lowest BCUT2D eigenvalue weighted by Crippen LogP contribution is -2.22. The van der Waals surface area contributed by atoms with Crippen LogP contribution in [-0.2, 0) is 17.8 Å². The van der Waals surface area contributed by atoms with Crippen LogP contribution in [0.4, 0.5) is 4.39 Å². The van der Waals surface area contributed by atoms with E-state index in [1.54, 1.807) is 6.07 Å². The minimum Gasteiger partial charge on any atom is -0.481 e. The minimum atomic E-state index is -0.714.